The van der Waals surface area contributed by atoms with Gasteiger partial charge in [0.2, 0.25) is 0 Å². The Balaban J connectivity index is 2.25. The van der Waals surface area contributed by atoms with Crippen LogP contribution in [0.4, 0.5) is 5.69 Å². The summed E-state index contributed by atoms with van der Waals surface area (Å²) >= 11 is 24.6. The summed E-state index contributed by atoms with van der Waals surface area (Å²) in [6.45, 7) is 2.43. The Hall–Kier alpha value is -0.940. The molecule has 1 aromatic carbocycles. The predicted molar refractivity (Wildman–Crippen MR) is 87.7 cm³/mol. The number of halogens is 4. The van der Waals surface area contributed by atoms with Gasteiger partial charge in [-0.2, -0.15) is 5.10 Å². The van der Waals surface area contributed by atoms with Crippen molar-refractivity contribution < 1.29 is 0 Å². The van der Waals surface area contributed by atoms with E-state index in [1.165, 1.54) is 0 Å². The van der Waals surface area contributed by atoms with Crippen LogP contribution in [0.3, 0.4) is 0 Å². The molecule has 110 valence electrons. The summed E-state index contributed by atoms with van der Waals surface area (Å²) in [6.07, 6.45) is 0. The summed E-state index contributed by atoms with van der Waals surface area (Å²) in [5, 5.41) is 6.26. The van der Waals surface area contributed by atoms with Crippen LogP contribution in [0.2, 0.25) is 15.1 Å². The Kier molecular flexibility index (Phi) is 3.82. The fourth-order valence-corrected chi connectivity index (χ4v) is 3.36. The molecule has 0 atom stereocenters. The zero-order chi connectivity index (χ0) is 15.3. The van der Waals surface area contributed by atoms with E-state index in [0.717, 1.165) is 17.1 Å². The van der Waals surface area contributed by atoms with E-state index in [4.69, 9.17) is 46.4 Å². The first kappa shape index (κ1) is 15.0. The molecule has 1 aliphatic heterocycles. The Labute approximate surface area is 141 Å². The van der Waals surface area contributed by atoms with Crippen molar-refractivity contribution in [2.75, 3.05) is 7.05 Å². The number of hydrogen-bond acceptors (Lipinski definition) is 3. The molecule has 0 aliphatic carbocycles. The fourth-order valence-electron chi connectivity index (χ4n) is 2.24. The topological polar surface area (TPSA) is 33.4 Å². The van der Waals surface area contributed by atoms with E-state index in [9.17, 15) is 0 Å². The summed E-state index contributed by atoms with van der Waals surface area (Å²) < 4.78 is 1.70. The Morgan fingerprint density at radius 2 is 1.71 bits per heavy atom. The average molecular weight is 364 g/mol. The van der Waals surface area contributed by atoms with Gasteiger partial charge in [0.15, 0.2) is 5.29 Å². The molecule has 1 aromatic heterocycles. The van der Waals surface area contributed by atoms with E-state index < -0.39 is 0 Å². The number of aromatic nitrogens is 2. The van der Waals surface area contributed by atoms with E-state index in [-0.39, 0.29) is 0 Å². The van der Waals surface area contributed by atoms with Gasteiger partial charge in [0, 0.05) is 12.1 Å². The molecule has 0 N–H and O–H groups in total. The van der Waals surface area contributed by atoms with Crippen molar-refractivity contribution >= 4 is 57.4 Å². The smallest absolute Gasteiger partial charge is 0.199 e. The van der Waals surface area contributed by atoms with Gasteiger partial charge in [-0.15, -0.1) is 0 Å². The van der Waals surface area contributed by atoms with Crippen molar-refractivity contribution in [3.8, 4) is 5.69 Å². The van der Waals surface area contributed by atoms with Crippen molar-refractivity contribution in [3.63, 3.8) is 0 Å². The second-order valence-electron chi connectivity index (χ2n) is 4.75. The van der Waals surface area contributed by atoms with E-state index in [0.29, 0.717) is 32.6 Å². The second kappa shape index (κ2) is 5.36. The second-order valence-corrected chi connectivity index (χ2v) is 6.34. The van der Waals surface area contributed by atoms with Gasteiger partial charge in [-0.05, 0) is 30.7 Å². The number of rotatable bonds is 1. The van der Waals surface area contributed by atoms with Gasteiger partial charge in [0.25, 0.3) is 0 Å². The highest BCUT2D eigenvalue weighted by Gasteiger charge is 2.25. The van der Waals surface area contributed by atoms with Crippen LogP contribution in [0, 0.1) is 6.92 Å². The van der Waals surface area contributed by atoms with Gasteiger partial charge < -0.3 is 4.90 Å². The number of fused-ring (bicyclic) bond motifs is 1. The Morgan fingerprint density at radius 1 is 1.10 bits per heavy atom. The van der Waals surface area contributed by atoms with Crippen molar-refractivity contribution in [1.82, 2.24) is 14.7 Å². The van der Waals surface area contributed by atoms with E-state index in [2.05, 4.69) is 10.1 Å². The molecule has 0 saturated carbocycles. The zero-order valence-electron chi connectivity index (χ0n) is 11.2. The lowest BCUT2D eigenvalue weighted by Crippen LogP contribution is -2.26. The summed E-state index contributed by atoms with van der Waals surface area (Å²) in [7, 11) is 1.85. The van der Waals surface area contributed by atoms with Crippen LogP contribution in [0.15, 0.2) is 17.1 Å². The molecule has 2 aromatic rings. The predicted octanol–water partition coefficient (Wildman–Crippen LogP) is 4.81. The molecule has 0 spiro atoms. The lowest BCUT2D eigenvalue weighted by atomic mass is 10.2. The molecule has 4 nitrogen and oxygen atoms in total. The van der Waals surface area contributed by atoms with Crippen LogP contribution in [-0.4, -0.2) is 27.0 Å². The maximum atomic E-state index is 6.28. The van der Waals surface area contributed by atoms with E-state index in [1.807, 2.05) is 18.9 Å². The minimum absolute atomic E-state index is 0.429. The van der Waals surface area contributed by atoms with E-state index >= 15 is 0 Å². The first-order chi connectivity index (χ1) is 9.88. The highest BCUT2D eigenvalue weighted by molar-refractivity contribution is 6.64. The molecule has 3 rings (SSSR count). The molecular formula is C13H10Cl4N4. The molecule has 0 unspecified atom stereocenters. The van der Waals surface area contributed by atoms with Crippen LogP contribution in [0.25, 0.3) is 5.69 Å². The zero-order valence-corrected chi connectivity index (χ0v) is 14.2. The SMILES string of the molecule is Cc1nn(-c2c(Cl)cc(Cl)cc2Cl)c2c1N=C(Cl)N(C)C2. The van der Waals surface area contributed by atoms with Crippen LogP contribution >= 0.6 is 46.4 Å². The standard InChI is InChI=1S/C13H10Cl4N4/c1-6-11-10(5-20(2)13(17)18-11)21(19-6)12-8(15)3-7(14)4-9(12)16/h3-4H,5H2,1-2H3. The van der Waals surface area contributed by atoms with Crippen LogP contribution < -0.4 is 0 Å². The van der Waals surface area contributed by atoms with Crippen molar-refractivity contribution in [2.45, 2.75) is 13.5 Å². The molecule has 0 saturated heterocycles. The number of hydrogen-bond donors (Lipinski definition) is 0. The van der Waals surface area contributed by atoms with Crippen LogP contribution in [0.5, 0.6) is 0 Å². The van der Waals surface area contributed by atoms with Gasteiger partial charge in [-0.3, -0.25) is 0 Å². The largest absolute Gasteiger partial charge is 0.344 e. The van der Waals surface area contributed by atoms with Crippen LogP contribution in [-0.2, 0) is 6.54 Å². The Bertz CT molecular complexity index is 743. The highest BCUT2D eigenvalue weighted by Crippen LogP contribution is 2.37. The molecular weight excluding hydrogens is 354 g/mol. The minimum atomic E-state index is 0.429. The number of nitrogens with zero attached hydrogens (tertiary/aromatic N) is 4. The average Bonchev–Trinajstić information content (AvgIpc) is 2.66. The monoisotopic (exact) mass is 362 g/mol. The summed E-state index contributed by atoms with van der Waals surface area (Å²) in [5.41, 5.74) is 2.98. The first-order valence-corrected chi connectivity index (χ1v) is 7.58. The molecule has 2 heterocycles. The molecule has 0 amide bonds. The minimum Gasteiger partial charge on any atom is -0.344 e. The third kappa shape index (κ3) is 2.50. The molecule has 21 heavy (non-hydrogen) atoms. The maximum Gasteiger partial charge on any atom is 0.199 e. The fraction of sp³-hybridized carbons (Fsp3) is 0.231. The Morgan fingerprint density at radius 3 is 2.33 bits per heavy atom. The number of benzene rings is 1. The van der Waals surface area contributed by atoms with Crippen molar-refractivity contribution in [2.24, 2.45) is 4.99 Å². The number of aliphatic imine (C=N–C) groups is 1. The summed E-state index contributed by atoms with van der Waals surface area (Å²) in [4.78, 5) is 6.18. The quantitative estimate of drug-likeness (QED) is 0.681. The van der Waals surface area contributed by atoms with Crippen molar-refractivity contribution in [1.29, 1.82) is 0 Å². The van der Waals surface area contributed by atoms with Gasteiger partial charge >= 0.3 is 0 Å². The van der Waals surface area contributed by atoms with Gasteiger partial charge in [-0.25, -0.2) is 9.67 Å². The number of aryl methyl sites for hydroxylation is 1. The maximum absolute atomic E-state index is 6.28. The molecule has 1 aliphatic rings. The molecule has 8 heteroatoms. The highest BCUT2D eigenvalue weighted by atomic mass is 35.5. The summed E-state index contributed by atoms with van der Waals surface area (Å²) in [5.74, 6) is 0. The lowest BCUT2D eigenvalue weighted by Gasteiger charge is -2.22. The molecule has 0 fully saturated rings. The summed E-state index contributed by atoms with van der Waals surface area (Å²) in [6, 6.07) is 3.27. The number of amidine groups is 1. The molecule has 0 radical (unpaired) electrons. The third-order valence-electron chi connectivity index (χ3n) is 3.22. The normalized spacial score (nSPS) is 14.2. The van der Waals surface area contributed by atoms with Crippen LogP contribution in [0.1, 0.15) is 11.4 Å². The third-order valence-corrected chi connectivity index (χ3v) is 4.39. The lowest BCUT2D eigenvalue weighted by molar-refractivity contribution is 0.485. The van der Waals surface area contributed by atoms with Gasteiger partial charge in [-0.1, -0.05) is 34.8 Å². The molecule has 0 bridgehead atoms. The van der Waals surface area contributed by atoms with Crippen molar-refractivity contribution in [3.05, 3.63) is 38.6 Å². The van der Waals surface area contributed by atoms with Gasteiger partial charge in [0.05, 0.1) is 28.0 Å². The van der Waals surface area contributed by atoms with Gasteiger partial charge in [0.1, 0.15) is 11.4 Å². The van der Waals surface area contributed by atoms with E-state index in [1.54, 1.807) is 16.8 Å². The first-order valence-electron chi connectivity index (χ1n) is 6.07.